The molecule has 144 valence electrons. The van der Waals surface area contributed by atoms with Gasteiger partial charge in [-0.1, -0.05) is 0 Å². The number of carbonyl (C=O) groups excluding carboxylic acids is 2. The molecule has 1 N–H and O–H groups in total. The first-order valence-corrected chi connectivity index (χ1v) is 8.38. The van der Waals surface area contributed by atoms with E-state index in [1.807, 2.05) is 0 Å². The minimum Gasteiger partial charge on any atom is -0.331 e. The largest absolute Gasteiger partial charge is 0.331 e. The number of anilines is 1. The Kier molecular flexibility index (Phi) is 5.03. The van der Waals surface area contributed by atoms with Gasteiger partial charge in [0.1, 0.15) is 17.9 Å². The Morgan fingerprint density at radius 2 is 1.89 bits per heavy atom. The maximum Gasteiger partial charge on any atom is 0.312 e. The molecule has 0 saturated heterocycles. The molecule has 1 amide bonds. The van der Waals surface area contributed by atoms with Gasteiger partial charge in [0, 0.05) is 30.7 Å². The number of rotatable bonds is 6. The molecule has 0 bridgehead atoms. The van der Waals surface area contributed by atoms with Crippen LogP contribution in [0.3, 0.4) is 0 Å². The van der Waals surface area contributed by atoms with Gasteiger partial charge in [0.25, 0.3) is 0 Å². The van der Waals surface area contributed by atoms with Crippen LogP contribution in [0.1, 0.15) is 27.6 Å². The van der Waals surface area contributed by atoms with Crippen molar-refractivity contribution in [1.82, 2.24) is 19.3 Å². The number of nitrogens with one attached hydrogen (secondary N) is 1. The standard InChI is InChI=1S/C18H18N6O4/c1-11-16(24(27)28)12(2)23(21-11)10-15(25)20-14-6-4-13(5-7-14)17(26)18-19-8-9-22(18)3/h4-9H,10H2,1-3H3,(H,20,25). The van der Waals surface area contributed by atoms with E-state index >= 15 is 0 Å². The SMILES string of the molecule is Cc1nn(CC(=O)Nc2ccc(C(=O)c3nccn3C)cc2)c(C)c1[N+](=O)[O-]. The van der Waals surface area contributed by atoms with Crippen molar-refractivity contribution in [3.8, 4) is 0 Å². The maximum atomic E-state index is 12.4. The van der Waals surface area contributed by atoms with Crippen LogP contribution in [-0.2, 0) is 18.4 Å². The van der Waals surface area contributed by atoms with E-state index in [0.717, 1.165) is 0 Å². The van der Waals surface area contributed by atoms with Crippen LogP contribution in [0.4, 0.5) is 11.4 Å². The summed E-state index contributed by atoms with van der Waals surface area (Å²) in [5.74, 6) is -0.285. The average molecular weight is 382 g/mol. The average Bonchev–Trinajstić information content (AvgIpc) is 3.18. The Bertz CT molecular complexity index is 1060. The number of amides is 1. The fraction of sp³-hybridized carbons (Fsp3) is 0.222. The molecule has 2 aromatic heterocycles. The summed E-state index contributed by atoms with van der Waals surface area (Å²) in [6, 6.07) is 6.41. The van der Waals surface area contributed by atoms with Gasteiger partial charge in [-0.25, -0.2) is 4.98 Å². The van der Waals surface area contributed by atoms with E-state index in [-0.39, 0.29) is 29.6 Å². The summed E-state index contributed by atoms with van der Waals surface area (Å²) in [4.78, 5) is 39.2. The van der Waals surface area contributed by atoms with Crippen LogP contribution in [0.25, 0.3) is 0 Å². The minimum absolute atomic E-state index is 0.0926. The Balaban J connectivity index is 1.68. The molecule has 3 rings (SSSR count). The molecule has 10 nitrogen and oxygen atoms in total. The van der Waals surface area contributed by atoms with Crippen molar-refractivity contribution in [2.75, 3.05) is 5.32 Å². The Morgan fingerprint density at radius 3 is 2.43 bits per heavy atom. The van der Waals surface area contributed by atoms with Gasteiger partial charge >= 0.3 is 5.69 Å². The second-order valence-corrected chi connectivity index (χ2v) is 6.25. The first-order chi connectivity index (χ1) is 13.3. The third-order valence-corrected chi connectivity index (χ3v) is 4.27. The van der Waals surface area contributed by atoms with E-state index in [9.17, 15) is 19.7 Å². The lowest BCUT2D eigenvalue weighted by atomic mass is 10.1. The summed E-state index contributed by atoms with van der Waals surface area (Å²) in [7, 11) is 1.73. The molecule has 0 radical (unpaired) electrons. The number of nitrogens with zero attached hydrogens (tertiary/aromatic N) is 5. The van der Waals surface area contributed by atoms with Gasteiger partial charge in [-0.15, -0.1) is 0 Å². The van der Waals surface area contributed by atoms with Crippen molar-refractivity contribution < 1.29 is 14.5 Å². The number of aryl methyl sites for hydroxylation is 2. The van der Waals surface area contributed by atoms with Gasteiger partial charge in [0.2, 0.25) is 11.7 Å². The van der Waals surface area contributed by atoms with Gasteiger partial charge in [0.15, 0.2) is 5.82 Å². The fourth-order valence-corrected chi connectivity index (χ4v) is 2.86. The highest BCUT2D eigenvalue weighted by Crippen LogP contribution is 2.21. The first-order valence-electron chi connectivity index (χ1n) is 8.38. The molecule has 1 aromatic carbocycles. The molecular weight excluding hydrogens is 364 g/mol. The monoisotopic (exact) mass is 382 g/mol. The summed E-state index contributed by atoms with van der Waals surface area (Å²) in [5.41, 5.74) is 1.42. The van der Waals surface area contributed by atoms with Gasteiger partial charge in [-0.2, -0.15) is 5.10 Å². The van der Waals surface area contributed by atoms with Crippen LogP contribution in [0, 0.1) is 24.0 Å². The van der Waals surface area contributed by atoms with Gasteiger partial charge in [-0.05, 0) is 38.1 Å². The Hall–Kier alpha value is -3.82. The molecule has 10 heteroatoms. The normalized spacial score (nSPS) is 10.7. The summed E-state index contributed by atoms with van der Waals surface area (Å²) in [5, 5.41) is 17.8. The topological polar surface area (TPSA) is 125 Å². The van der Waals surface area contributed by atoms with Crippen molar-refractivity contribution in [3.05, 3.63) is 69.5 Å². The van der Waals surface area contributed by atoms with Crippen molar-refractivity contribution >= 4 is 23.1 Å². The lowest BCUT2D eigenvalue weighted by Gasteiger charge is -2.07. The molecule has 28 heavy (non-hydrogen) atoms. The highest BCUT2D eigenvalue weighted by Gasteiger charge is 2.22. The fourth-order valence-electron chi connectivity index (χ4n) is 2.86. The van der Waals surface area contributed by atoms with E-state index in [0.29, 0.717) is 22.8 Å². The predicted octanol–water partition coefficient (Wildman–Crippen LogP) is 2.01. The summed E-state index contributed by atoms with van der Waals surface area (Å²) < 4.78 is 2.92. The zero-order valence-corrected chi connectivity index (χ0v) is 15.5. The summed E-state index contributed by atoms with van der Waals surface area (Å²) in [6.45, 7) is 2.91. The van der Waals surface area contributed by atoms with Crippen LogP contribution < -0.4 is 5.32 Å². The van der Waals surface area contributed by atoms with E-state index < -0.39 is 4.92 Å². The van der Waals surface area contributed by atoms with Crippen LogP contribution >= 0.6 is 0 Å². The lowest BCUT2D eigenvalue weighted by molar-refractivity contribution is -0.386. The number of aromatic nitrogens is 4. The number of carbonyl (C=O) groups is 2. The number of benzene rings is 1. The molecule has 0 aliphatic carbocycles. The van der Waals surface area contributed by atoms with Gasteiger partial charge < -0.3 is 9.88 Å². The smallest absolute Gasteiger partial charge is 0.312 e. The van der Waals surface area contributed by atoms with Crippen molar-refractivity contribution in [2.45, 2.75) is 20.4 Å². The molecule has 0 spiro atoms. The highest BCUT2D eigenvalue weighted by molar-refractivity contribution is 6.07. The lowest BCUT2D eigenvalue weighted by Crippen LogP contribution is -2.20. The van der Waals surface area contributed by atoms with E-state index in [1.165, 1.54) is 11.6 Å². The predicted molar refractivity (Wildman–Crippen MR) is 100 cm³/mol. The molecule has 0 atom stereocenters. The summed E-state index contributed by atoms with van der Waals surface area (Å²) in [6.07, 6.45) is 3.23. The molecular formula is C18H18N6O4. The molecule has 0 saturated carbocycles. The van der Waals surface area contributed by atoms with E-state index in [1.54, 1.807) is 55.2 Å². The number of ketones is 1. The Labute approximate surface area is 160 Å². The van der Waals surface area contributed by atoms with Crippen molar-refractivity contribution in [2.24, 2.45) is 7.05 Å². The minimum atomic E-state index is -0.511. The molecule has 0 aliphatic rings. The zero-order chi connectivity index (χ0) is 20.4. The highest BCUT2D eigenvalue weighted by atomic mass is 16.6. The van der Waals surface area contributed by atoms with E-state index in [4.69, 9.17) is 0 Å². The van der Waals surface area contributed by atoms with Crippen molar-refractivity contribution in [1.29, 1.82) is 0 Å². The first kappa shape index (κ1) is 19.0. The zero-order valence-electron chi connectivity index (χ0n) is 15.5. The van der Waals surface area contributed by atoms with Crippen LogP contribution in [-0.4, -0.2) is 35.9 Å². The third-order valence-electron chi connectivity index (χ3n) is 4.27. The second kappa shape index (κ2) is 7.43. The molecule has 3 aromatic rings. The third kappa shape index (κ3) is 3.65. The van der Waals surface area contributed by atoms with Crippen LogP contribution in [0.15, 0.2) is 36.7 Å². The summed E-state index contributed by atoms with van der Waals surface area (Å²) >= 11 is 0. The van der Waals surface area contributed by atoms with Gasteiger partial charge in [0.05, 0.1) is 4.92 Å². The number of nitro groups is 1. The number of hydrogen-bond acceptors (Lipinski definition) is 6. The molecule has 0 fully saturated rings. The molecule has 0 aliphatic heterocycles. The quantitative estimate of drug-likeness (QED) is 0.395. The van der Waals surface area contributed by atoms with E-state index in [2.05, 4.69) is 15.4 Å². The second-order valence-electron chi connectivity index (χ2n) is 6.25. The maximum absolute atomic E-state index is 12.4. The van der Waals surface area contributed by atoms with Crippen LogP contribution in [0.2, 0.25) is 0 Å². The van der Waals surface area contributed by atoms with Gasteiger partial charge in [-0.3, -0.25) is 24.4 Å². The van der Waals surface area contributed by atoms with Crippen LogP contribution in [0.5, 0.6) is 0 Å². The van der Waals surface area contributed by atoms with Crippen molar-refractivity contribution in [3.63, 3.8) is 0 Å². The Morgan fingerprint density at radius 1 is 1.21 bits per heavy atom. The number of hydrogen-bond donors (Lipinski definition) is 1. The number of imidazole rings is 1. The molecule has 0 unspecified atom stereocenters. The molecule has 2 heterocycles.